The van der Waals surface area contributed by atoms with Gasteiger partial charge in [0.05, 0.1) is 5.56 Å². The van der Waals surface area contributed by atoms with E-state index in [1.54, 1.807) is 0 Å². The van der Waals surface area contributed by atoms with Crippen molar-refractivity contribution in [3.63, 3.8) is 0 Å². The van der Waals surface area contributed by atoms with Crippen LogP contribution in [0.2, 0.25) is 0 Å². The topological polar surface area (TPSA) is 108 Å². The van der Waals surface area contributed by atoms with Crippen LogP contribution in [0.15, 0.2) is 18.2 Å². The highest BCUT2D eigenvalue weighted by atomic mass is 32.1. The Bertz CT molecular complexity index is 962. The fourth-order valence-electron chi connectivity index (χ4n) is 3.61. The van der Waals surface area contributed by atoms with Crippen molar-refractivity contribution in [2.75, 3.05) is 18.5 Å². The van der Waals surface area contributed by atoms with Crippen molar-refractivity contribution < 1.29 is 23.9 Å². The third-order valence-electron chi connectivity index (χ3n) is 5.12. The van der Waals surface area contributed by atoms with Crippen LogP contribution < -0.4 is 15.8 Å². The second-order valence-corrected chi connectivity index (χ2v) is 8.74. The maximum Gasteiger partial charge on any atom is 0.344 e. The Balaban J connectivity index is 1.56. The number of fused-ring (bicyclic) bond motifs is 1. The molecule has 8 heteroatoms. The number of hydrogen-bond acceptors (Lipinski definition) is 6. The molecule has 30 heavy (non-hydrogen) atoms. The van der Waals surface area contributed by atoms with E-state index < -0.39 is 24.4 Å². The van der Waals surface area contributed by atoms with Gasteiger partial charge in [-0.2, -0.15) is 0 Å². The summed E-state index contributed by atoms with van der Waals surface area (Å²) in [6.07, 6.45) is 2.61. The van der Waals surface area contributed by atoms with Crippen LogP contribution in [-0.2, 0) is 27.2 Å². The van der Waals surface area contributed by atoms with E-state index in [0.717, 1.165) is 40.8 Å². The number of thiophene rings is 1. The van der Waals surface area contributed by atoms with Crippen molar-refractivity contribution >= 4 is 34.1 Å². The number of benzene rings is 1. The van der Waals surface area contributed by atoms with Gasteiger partial charge in [-0.05, 0) is 55.7 Å². The monoisotopic (exact) mass is 430 g/mol. The third-order valence-corrected chi connectivity index (χ3v) is 6.29. The standard InChI is InChI=1S/C22H26N2O5S/c1-12-7-8-15-16(9-12)30-22(19(15)21(23)27)24-17(25)10-28-18(26)11-29-20-13(2)5-4-6-14(20)3/h4-6,12H,7-11H2,1-3H3,(H2,23,27)(H,24,25)/t12-/m0/s1. The zero-order valence-electron chi connectivity index (χ0n) is 17.4. The Morgan fingerprint density at radius 2 is 1.90 bits per heavy atom. The van der Waals surface area contributed by atoms with E-state index in [9.17, 15) is 14.4 Å². The molecule has 1 aromatic heterocycles. The number of para-hydroxylation sites is 1. The van der Waals surface area contributed by atoms with Gasteiger partial charge in [-0.15, -0.1) is 11.3 Å². The van der Waals surface area contributed by atoms with Crippen molar-refractivity contribution in [2.24, 2.45) is 11.7 Å². The molecule has 160 valence electrons. The van der Waals surface area contributed by atoms with E-state index in [1.807, 2.05) is 32.0 Å². The average Bonchev–Trinajstić information content (AvgIpc) is 3.02. The zero-order valence-corrected chi connectivity index (χ0v) is 18.2. The molecule has 0 fully saturated rings. The lowest BCUT2D eigenvalue weighted by molar-refractivity contribution is -0.149. The van der Waals surface area contributed by atoms with Gasteiger partial charge < -0.3 is 20.5 Å². The Morgan fingerprint density at radius 1 is 1.20 bits per heavy atom. The van der Waals surface area contributed by atoms with Crippen molar-refractivity contribution in [1.82, 2.24) is 0 Å². The molecule has 1 aliphatic rings. The molecule has 0 unspecified atom stereocenters. The van der Waals surface area contributed by atoms with Gasteiger partial charge in [0.1, 0.15) is 10.8 Å². The molecular formula is C22H26N2O5S. The molecule has 1 atom stereocenters. The van der Waals surface area contributed by atoms with Gasteiger partial charge in [0.2, 0.25) is 0 Å². The lowest BCUT2D eigenvalue weighted by Gasteiger charge is -2.18. The quantitative estimate of drug-likeness (QED) is 0.656. The van der Waals surface area contributed by atoms with Crippen LogP contribution in [0.3, 0.4) is 0 Å². The van der Waals surface area contributed by atoms with Gasteiger partial charge in [0.25, 0.3) is 11.8 Å². The molecule has 1 heterocycles. The molecule has 0 saturated carbocycles. The van der Waals surface area contributed by atoms with Crippen molar-refractivity contribution in [1.29, 1.82) is 0 Å². The summed E-state index contributed by atoms with van der Waals surface area (Å²) in [4.78, 5) is 37.3. The number of amides is 2. The van der Waals surface area contributed by atoms with Crippen LogP contribution in [-0.4, -0.2) is 31.0 Å². The minimum Gasteiger partial charge on any atom is -0.481 e. The summed E-state index contributed by atoms with van der Waals surface area (Å²) >= 11 is 1.37. The first-order valence-electron chi connectivity index (χ1n) is 9.85. The van der Waals surface area contributed by atoms with Gasteiger partial charge in [0, 0.05) is 4.88 Å². The van der Waals surface area contributed by atoms with Gasteiger partial charge in [-0.3, -0.25) is 9.59 Å². The fourth-order valence-corrected chi connectivity index (χ4v) is 5.04. The maximum atomic E-state index is 12.3. The van der Waals surface area contributed by atoms with Gasteiger partial charge in [-0.1, -0.05) is 25.1 Å². The molecule has 0 saturated heterocycles. The number of nitrogens with one attached hydrogen (secondary N) is 1. The number of esters is 1. The average molecular weight is 431 g/mol. The third kappa shape index (κ3) is 4.99. The Hall–Kier alpha value is -2.87. The maximum absolute atomic E-state index is 12.3. The summed E-state index contributed by atoms with van der Waals surface area (Å²) in [6.45, 7) is 5.17. The molecule has 3 N–H and O–H groups in total. The Labute approximate surface area is 179 Å². The predicted molar refractivity (Wildman–Crippen MR) is 115 cm³/mol. The molecule has 0 bridgehead atoms. The Morgan fingerprint density at radius 3 is 2.57 bits per heavy atom. The number of anilines is 1. The molecule has 2 aromatic rings. The summed E-state index contributed by atoms with van der Waals surface area (Å²) in [5.41, 5.74) is 8.68. The summed E-state index contributed by atoms with van der Waals surface area (Å²) in [7, 11) is 0. The summed E-state index contributed by atoms with van der Waals surface area (Å²) in [5.74, 6) is -0.579. The number of aryl methyl sites for hydroxylation is 2. The van der Waals surface area contributed by atoms with Crippen LogP contribution in [0.25, 0.3) is 0 Å². The van der Waals surface area contributed by atoms with Crippen LogP contribution in [0.1, 0.15) is 45.3 Å². The first kappa shape index (κ1) is 21.8. The lowest BCUT2D eigenvalue weighted by atomic mass is 9.88. The minimum absolute atomic E-state index is 0.295. The number of hydrogen-bond donors (Lipinski definition) is 2. The molecule has 0 radical (unpaired) electrons. The smallest absolute Gasteiger partial charge is 0.344 e. The molecule has 7 nitrogen and oxygen atoms in total. The molecule has 3 rings (SSSR count). The number of carbonyl (C=O) groups excluding carboxylic acids is 3. The van der Waals surface area contributed by atoms with Gasteiger partial charge >= 0.3 is 5.97 Å². The zero-order chi connectivity index (χ0) is 21.8. The fraction of sp³-hybridized carbons (Fsp3) is 0.409. The highest BCUT2D eigenvalue weighted by Gasteiger charge is 2.27. The van der Waals surface area contributed by atoms with Crippen LogP contribution >= 0.6 is 11.3 Å². The van der Waals surface area contributed by atoms with Crippen molar-refractivity contribution in [3.8, 4) is 5.75 Å². The molecule has 0 aliphatic heterocycles. The van der Waals surface area contributed by atoms with Crippen molar-refractivity contribution in [3.05, 3.63) is 45.3 Å². The van der Waals surface area contributed by atoms with E-state index in [0.29, 0.717) is 22.2 Å². The predicted octanol–water partition coefficient (Wildman–Crippen LogP) is 3.15. The normalized spacial score (nSPS) is 15.2. The SMILES string of the molecule is Cc1cccc(C)c1OCC(=O)OCC(=O)Nc1sc2c(c1C(N)=O)CC[C@H](C)C2. The minimum atomic E-state index is -0.651. The summed E-state index contributed by atoms with van der Waals surface area (Å²) in [5, 5.41) is 3.10. The largest absolute Gasteiger partial charge is 0.481 e. The van der Waals surface area contributed by atoms with Crippen LogP contribution in [0.4, 0.5) is 5.00 Å². The molecule has 2 amide bonds. The molecule has 0 spiro atoms. The summed E-state index contributed by atoms with van der Waals surface area (Å²) < 4.78 is 10.5. The van der Waals surface area contributed by atoms with E-state index in [1.165, 1.54) is 11.3 Å². The van der Waals surface area contributed by atoms with Crippen LogP contribution in [0.5, 0.6) is 5.75 Å². The van der Waals surface area contributed by atoms with E-state index in [-0.39, 0.29) is 6.61 Å². The van der Waals surface area contributed by atoms with E-state index in [2.05, 4.69) is 12.2 Å². The van der Waals surface area contributed by atoms with Gasteiger partial charge in [-0.25, -0.2) is 4.79 Å². The lowest BCUT2D eigenvalue weighted by Crippen LogP contribution is -2.25. The molecular weight excluding hydrogens is 404 g/mol. The number of ether oxygens (including phenoxy) is 2. The first-order chi connectivity index (χ1) is 14.3. The van der Waals surface area contributed by atoms with E-state index >= 15 is 0 Å². The number of nitrogens with two attached hydrogens (primary N) is 1. The number of carbonyl (C=O) groups is 3. The second-order valence-electron chi connectivity index (χ2n) is 7.64. The van der Waals surface area contributed by atoms with E-state index in [4.69, 9.17) is 15.2 Å². The van der Waals surface area contributed by atoms with Gasteiger partial charge in [0.15, 0.2) is 13.2 Å². The number of primary amides is 1. The van der Waals surface area contributed by atoms with Crippen LogP contribution in [0, 0.1) is 19.8 Å². The Kier molecular flexibility index (Phi) is 6.77. The second kappa shape index (κ2) is 9.30. The highest BCUT2D eigenvalue weighted by Crippen LogP contribution is 2.39. The first-order valence-corrected chi connectivity index (χ1v) is 10.7. The number of rotatable bonds is 7. The molecule has 1 aliphatic carbocycles. The summed E-state index contributed by atoms with van der Waals surface area (Å²) in [6, 6.07) is 5.68. The van der Waals surface area contributed by atoms with Crippen molar-refractivity contribution in [2.45, 2.75) is 40.0 Å². The molecule has 1 aromatic carbocycles. The highest BCUT2D eigenvalue weighted by molar-refractivity contribution is 7.17.